The molecule has 0 atom stereocenters. The van der Waals surface area contributed by atoms with Gasteiger partial charge in [-0.15, -0.1) is 11.3 Å². The van der Waals surface area contributed by atoms with Crippen LogP contribution in [0.1, 0.15) is 5.76 Å². The molecular formula is C23H14BrCl2N3O2S2. The third-order valence-electron chi connectivity index (χ3n) is 4.32. The molecule has 33 heavy (non-hydrogen) atoms. The summed E-state index contributed by atoms with van der Waals surface area (Å²) in [5, 5.41) is 9.17. The molecule has 2 N–H and O–H groups in total. The van der Waals surface area contributed by atoms with E-state index in [9.17, 15) is 4.79 Å². The molecular weight excluding hydrogens is 565 g/mol. The summed E-state index contributed by atoms with van der Waals surface area (Å²) in [7, 11) is 0. The van der Waals surface area contributed by atoms with E-state index in [1.54, 1.807) is 36.4 Å². The number of halogens is 3. The standard InChI is InChI=1S/C23H14BrCl2N3O2S2/c24-14-3-1-13(2-4-14)19-12-33-23(27-19)29-22(32)28-21(30)10-7-16-6-9-20(31-16)17-8-5-15(25)11-18(17)26/h1-12H,(H2,27,28,29,30,32)/b10-7+. The Hall–Kier alpha value is -2.49. The molecule has 0 bridgehead atoms. The highest BCUT2D eigenvalue weighted by Crippen LogP contribution is 2.31. The average molecular weight is 579 g/mol. The molecule has 0 aliphatic rings. The summed E-state index contributed by atoms with van der Waals surface area (Å²) < 4.78 is 6.74. The normalized spacial score (nSPS) is 11.0. The second-order valence-corrected chi connectivity index (χ2v) is 9.67. The van der Waals surface area contributed by atoms with Crippen LogP contribution in [0, 0.1) is 0 Å². The number of hydrogen-bond donors (Lipinski definition) is 2. The second-order valence-electron chi connectivity index (χ2n) is 6.65. The number of carbonyl (C=O) groups excluding carboxylic acids is 1. The van der Waals surface area contributed by atoms with E-state index in [2.05, 4.69) is 31.5 Å². The second kappa shape index (κ2) is 10.6. The maximum absolute atomic E-state index is 12.2. The van der Waals surface area contributed by atoms with Gasteiger partial charge < -0.3 is 9.73 Å². The Kier molecular flexibility index (Phi) is 7.62. The quantitative estimate of drug-likeness (QED) is 0.188. The summed E-state index contributed by atoms with van der Waals surface area (Å²) in [5.41, 5.74) is 2.51. The highest BCUT2D eigenvalue weighted by atomic mass is 79.9. The first-order valence-electron chi connectivity index (χ1n) is 9.44. The van der Waals surface area contributed by atoms with Crippen molar-refractivity contribution in [3.05, 3.63) is 86.3 Å². The van der Waals surface area contributed by atoms with Gasteiger partial charge in [-0.05, 0) is 60.8 Å². The third kappa shape index (κ3) is 6.31. The van der Waals surface area contributed by atoms with Crippen molar-refractivity contribution < 1.29 is 9.21 Å². The van der Waals surface area contributed by atoms with Gasteiger partial charge in [-0.3, -0.25) is 10.1 Å². The number of thiazole rings is 1. The van der Waals surface area contributed by atoms with Crippen LogP contribution in [0.3, 0.4) is 0 Å². The van der Waals surface area contributed by atoms with Crippen molar-refractivity contribution in [2.75, 3.05) is 5.32 Å². The van der Waals surface area contributed by atoms with Crippen LogP contribution in [-0.4, -0.2) is 16.0 Å². The van der Waals surface area contributed by atoms with Crippen LogP contribution >= 0.6 is 62.7 Å². The van der Waals surface area contributed by atoms with Gasteiger partial charge in [0.2, 0.25) is 5.91 Å². The molecule has 166 valence electrons. The lowest BCUT2D eigenvalue weighted by Gasteiger charge is -2.04. The van der Waals surface area contributed by atoms with Crippen molar-refractivity contribution in [1.82, 2.24) is 10.3 Å². The number of anilines is 1. The van der Waals surface area contributed by atoms with Gasteiger partial charge in [0.05, 0.1) is 10.7 Å². The summed E-state index contributed by atoms with van der Waals surface area (Å²) in [4.78, 5) is 16.7. The number of furan rings is 1. The van der Waals surface area contributed by atoms with Gasteiger partial charge in [-0.2, -0.15) is 0 Å². The minimum absolute atomic E-state index is 0.148. The maximum atomic E-state index is 12.2. The zero-order chi connectivity index (χ0) is 23.4. The van der Waals surface area contributed by atoms with Crippen molar-refractivity contribution in [2.24, 2.45) is 0 Å². The highest BCUT2D eigenvalue weighted by molar-refractivity contribution is 9.10. The van der Waals surface area contributed by atoms with Gasteiger partial charge >= 0.3 is 0 Å². The smallest absolute Gasteiger partial charge is 0.250 e. The van der Waals surface area contributed by atoms with E-state index in [0.29, 0.717) is 32.3 Å². The molecule has 2 aromatic carbocycles. The number of thiocarbonyl (C=S) groups is 1. The fraction of sp³-hybridized carbons (Fsp3) is 0. The highest BCUT2D eigenvalue weighted by Gasteiger charge is 2.10. The topological polar surface area (TPSA) is 67.2 Å². The largest absolute Gasteiger partial charge is 0.457 e. The minimum Gasteiger partial charge on any atom is -0.457 e. The molecule has 1 amide bonds. The Morgan fingerprint density at radius 2 is 1.91 bits per heavy atom. The molecule has 0 aliphatic carbocycles. The van der Waals surface area contributed by atoms with Crippen molar-refractivity contribution in [3.8, 4) is 22.6 Å². The monoisotopic (exact) mass is 577 g/mol. The van der Waals surface area contributed by atoms with Gasteiger partial charge in [-0.25, -0.2) is 4.98 Å². The van der Waals surface area contributed by atoms with Crippen LogP contribution in [0.4, 0.5) is 5.13 Å². The van der Waals surface area contributed by atoms with Crippen LogP contribution in [0.25, 0.3) is 28.7 Å². The molecule has 2 heterocycles. The molecule has 0 saturated heterocycles. The first-order chi connectivity index (χ1) is 15.9. The van der Waals surface area contributed by atoms with Crippen LogP contribution < -0.4 is 10.6 Å². The van der Waals surface area contributed by atoms with Gasteiger partial charge in [0.25, 0.3) is 0 Å². The van der Waals surface area contributed by atoms with E-state index in [-0.39, 0.29) is 5.11 Å². The molecule has 0 radical (unpaired) electrons. The van der Waals surface area contributed by atoms with Crippen molar-refractivity contribution in [2.45, 2.75) is 0 Å². The number of aromatic nitrogens is 1. The number of benzene rings is 2. The lowest BCUT2D eigenvalue weighted by Crippen LogP contribution is -2.32. The molecule has 4 aromatic rings. The Morgan fingerprint density at radius 3 is 2.67 bits per heavy atom. The Morgan fingerprint density at radius 1 is 1.12 bits per heavy atom. The summed E-state index contributed by atoms with van der Waals surface area (Å²) in [5.74, 6) is 0.656. The summed E-state index contributed by atoms with van der Waals surface area (Å²) in [6, 6.07) is 16.5. The molecule has 0 saturated carbocycles. The lowest BCUT2D eigenvalue weighted by molar-refractivity contribution is -0.115. The van der Waals surface area contributed by atoms with Gasteiger partial charge in [0, 0.05) is 32.1 Å². The number of carbonyl (C=O) groups is 1. The SMILES string of the molecule is O=C(/C=C/c1ccc(-c2ccc(Cl)cc2Cl)o1)NC(=S)Nc1nc(-c2ccc(Br)cc2)cs1. The molecule has 0 fully saturated rings. The maximum Gasteiger partial charge on any atom is 0.250 e. The zero-order valence-corrected chi connectivity index (χ0v) is 21.4. The summed E-state index contributed by atoms with van der Waals surface area (Å²) in [6.07, 6.45) is 2.87. The molecule has 0 unspecified atom stereocenters. The molecule has 10 heteroatoms. The van der Waals surface area contributed by atoms with Crippen molar-refractivity contribution >= 4 is 84.9 Å². The van der Waals surface area contributed by atoms with E-state index in [1.807, 2.05) is 29.6 Å². The number of hydrogen-bond acceptors (Lipinski definition) is 5. The van der Waals surface area contributed by atoms with E-state index in [0.717, 1.165) is 15.7 Å². The van der Waals surface area contributed by atoms with E-state index < -0.39 is 5.91 Å². The number of nitrogens with one attached hydrogen (secondary N) is 2. The molecule has 4 rings (SSSR count). The minimum atomic E-state index is -0.403. The first-order valence-corrected chi connectivity index (χ1v) is 12.3. The predicted molar refractivity (Wildman–Crippen MR) is 143 cm³/mol. The Labute approximate surface area is 217 Å². The van der Waals surface area contributed by atoms with Crippen LogP contribution in [-0.2, 0) is 4.79 Å². The van der Waals surface area contributed by atoms with Crippen LogP contribution in [0.15, 0.2) is 74.9 Å². The first kappa shape index (κ1) is 23.7. The average Bonchev–Trinajstić information content (AvgIpc) is 3.42. The number of rotatable bonds is 5. The number of amides is 1. The van der Waals surface area contributed by atoms with E-state index in [4.69, 9.17) is 39.8 Å². The van der Waals surface area contributed by atoms with E-state index >= 15 is 0 Å². The van der Waals surface area contributed by atoms with Crippen LogP contribution in [0.5, 0.6) is 0 Å². The Balaban J connectivity index is 1.33. The molecule has 5 nitrogen and oxygen atoms in total. The van der Waals surface area contributed by atoms with E-state index in [1.165, 1.54) is 17.4 Å². The van der Waals surface area contributed by atoms with Crippen molar-refractivity contribution in [3.63, 3.8) is 0 Å². The molecule has 0 aliphatic heterocycles. The summed E-state index contributed by atoms with van der Waals surface area (Å²) in [6.45, 7) is 0. The van der Waals surface area contributed by atoms with Gasteiger partial charge in [0.15, 0.2) is 10.2 Å². The molecule has 0 spiro atoms. The zero-order valence-electron chi connectivity index (χ0n) is 16.6. The van der Waals surface area contributed by atoms with Crippen molar-refractivity contribution in [1.29, 1.82) is 0 Å². The van der Waals surface area contributed by atoms with Gasteiger partial charge in [0.1, 0.15) is 11.5 Å². The predicted octanol–water partition coefficient (Wildman–Crippen LogP) is 7.67. The molecule has 2 aromatic heterocycles. The number of nitrogens with zero attached hydrogens (tertiary/aromatic N) is 1. The fourth-order valence-electron chi connectivity index (χ4n) is 2.80. The fourth-order valence-corrected chi connectivity index (χ4v) is 4.55. The Bertz CT molecular complexity index is 1350. The third-order valence-corrected chi connectivity index (χ3v) is 6.36. The lowest BCUT2D eigenvalue weighted by atomic mass is 10.2. The van der Waals surface area contributed by atoms with Crippen LogP contribution in [0.2, 0.25) is 10.0 Å². The van der Waals surface area contributed by atoms with Gasteiger partial charge in [-0.1, -0.05) is 51.3 Å². The summed E-state index contributed by atoms with van der Waals surface area (Å²) >= 11 is 22.2.